The van der Waals surface area contributed by atoms with Crippen LogP contribution in [0.25, 0.3) is 6.08 Å². The topological polar surface area (TPSA) is 58.6 Å². The molecule has 0 aliphatic carbocycles. The first kappa shape index (κ1) is 21.4. The number of thioether (sulfide) groups is 1. The number of rotatable bonds is 6. The van der Waals surface area contributed by atoms with Gasteiger partial charge in [-0.05, 0) is 54.2 Å². The minimum absolute atomic E-state index is 0.176. The van der Waals surface area contributed by atoms with Gasteiger partial charge in [0.25, 0.3) is 11.8 Å². The minimum atomic E-state index is -0.562. The Hall–Kier alpha value is -2.32. The van der Waals surface area contributed by atoms with Crippen LogP contribution in [0, 0.1) is 0 Å². The van der Waals surface area contributed by atoms with Gasteiger partial charge in [-0.1, -0.05) is 59.8 Å². The number of ether oxygens (including phenoxy) is 1. The van der Waals surface area contributed by atoms with Gasteiger partial charge in [0.05, 0.1) is 15.5 Å². The second-order valence-electron chi connectivity index (χ2n) is 5.75. The van der Waals surface area contributed by atoms with Crippen LogP contribution in [0.2, 0.25) is 10.0 Å². The van der Waals surface area contributed by atoms with E-state index >= 15 is 0 Å². The fourth-order valence-corrected chi connectivity index (χ4v) is 4.04. The molecule has 2 aromatic rings. The van der Waals surface area contributed by atoms with Crippen LogP contribution in [-0.2, 0) is 4.79 Å². The van der Waals surface area contributed by atoms with Gasteiger partial charge < -0.3 is 4.74 Å². The quantitative estimate of drug-likeness (QED) is 0.365. The van der Waals surface area contributed by atoms with Crippen molar-refractivity contribution in [1.82, 2.24) is 10.4 Å². The van der Waals surface area contributed by atoms with Gasteiger partial charge in [0.15, 0.2) is 4.32 Å². The number of benzene rings is 2. The number of halogens is 2. The standard InChI is InChI=1S/C20H14Cl2N2O3S2/c1-2-9-27-14-6-3-12(4-7-14)10-17-19(26)24(20(28)29-17)23-18(25)15-8-5-13(21)11-16(15)22/h2-8,10-11H,1,9H2,(H,23,25)/b17-10-. The Balaban J connectivity index is 1.72. The van der Waals surface area contributed by atoms with E-state index in [1.165, 1.54) is 18.2 Å². The summed E-state index contributed by atoms with van der Waals surface area (Å²) < 4.78 is 5.65. The number of hydrogen-bond acceptors (Lipinski definition) is 5. The lowest BCUT2D eigenvalue weighted by Gasteiger charge is -2.16. The normalized spacial score (nSPS) is 15.0. The van der Waals surface area contributed by atoms with E-state index < -0.39 is 11.8 Å². The van der Waals surface area contributed by atoms with Gasteiger partial charge in [0.1, 0.15) is 12.4 Å². The molecular weight excluding hydrogens is 451 g/mol. The maximum absolute atomic E-state index is 12.7. The average Bonchev–Trinajstić information content (AvgIpc) is 2.94. The second kappa shape index (κ2) is 9.45. The van der Waals surface area contributed by atoms with E-state index in [2.05, 4.69) is 12.0 Å². The highest BCUT2D eigenvalue weighted by Crippen LogP contribution is 2.32. The first-order valence-corrected chi connectivity index (χ1v) is 10.2. The molecule has 1 fully saturated rings. The molecule has 148 valence electrons. The van der Waals surface area contributed by atoms with Crippen molar-refractivity contribution in [3.8, 4) is 5.75 Å². The number of carbonyl (C=O) groups is 2. The largest absolute Gasteiger partial charge is 0.490 e. The van der Waals surface area contributed by atoms with Gasteiger partial charge in [-0.3, -0.25) is 15.0 Å². The van der Waals surface area contributed by atoms with Gasteiger partial charge in [0.2, 0.25) is 0 Å². The molecule has 0 unspecified atom stereocenters. The Morgan fingerprint density at radius 1 is 1.24 bits per heavy atom. The van der Waals surface area contributed by atoms with Crippen LogP contribution in [-0.4, -0.2) is 27.8 Å². The average molecular weight is 465 g/mol. The summed E-state index contributed by atoms with van der Waals surface area (Å²) in [6, 6.07) is 11.7. The molecule has 0 atom stereocenters. The van der Waals surface area contributed by atoms with Gasteiger partial charge in [-0.25, -0.2) is 0 Å². The van der Waals surface area contributed by atoms with Crippen molar-refractivity contribution in [2.75, 3.05) is 6.61 Å². The Kier molecular flexibility index (Phi) is 6.97. The molecule has 1 saturated heterocycles. The molecule has 1 aliphatic rings. The molecule has 0 saturated carbocycles. The number of hydrazine groups is 1. The first-order chi connectivity index (χ1) is 13.9. The summed E-state index contributed by atoms with van der Waals surface area (Å²) in [6.45, 7) is 4.01. The lowest BCUT2D eigenvalue weighted by Crippen LogP contribution is -2.44. The molecular formula is C20H14Cl2N2O3S2. The van der Waals surface area contributed by atoms with Crippen molar-refractivity contribution in [3.63, 3.8) is 0 Å². The third kappa shape index (κ3) is 5.19. The Labute approximate surface area is 187 Å². The van der Waals surface area contributed by atoms with Crippen molar-refractivity contribution in [2.24, 2.45) is 0 Å². The summed E-state index contributed by atoms with van der Waals surface area (Å²) in [7, 11) is 0. The molecule has 1 N–H and O–H groups in total. The Bertz CT molecular complexity index is 1020. The van der Waals surface area contributed by atoms with Crippen molar-refractivity contribution in [2.45, 2.75) is 0 Å². The maximum Gasteiger partial charge on any atom is 0.285 e. The van der Waals surface area contributed by atoms with E-state index in [0.29, 0.717) is 22.3 Å². The van der Waals surface area contributed by atoms with E-state index in [1.54, 1.807) is 24.3 Å². The molecule has 5 nitrogen and oxygen atoms in total. The SMILES string of the molecule is C=CCOc1ccc(/C=C2\SC(=S)N(NC(=O)c3ccc(Cl)cc3Cl)C2=O)cc1. The third-order valence-corrected chi connectivity index (χ3v) is 5.58. The molecule has 0 bridgehead atoms. The first-order valence-electron chi connectivity index (χ1n) is 8.27. The molecule has 1 aliphatic heterocycles. The molecule has 3 rings (SSSR count). The van der Waals surface area contributed by atoms with Crippen molar-refractivity contribution in [1.29, 1.82) is 0 Å². The fraction of sp³-hybridized carbons (Fsp3) is 0.0500. The van der Waals surface area contributed by atoms with Gasteiger partial charge in [-0.2, -0.15) is 5.01 Å². The highest BCUT2D eigenvalue weighted by Gasteiger charge is 2.34. The predicted octanol–water partition coefficient (Wildman–Crippen LogP) is 5.10. The third-order valence-electron chi connectivity index (χ3n) is 3.73. The van der Waals surface area contributed by atoms with Crippen LogP contribution in [0.5, 0.6) is 5.75 Å². The minimum Gasteiger partial charge on any atom is -0.490 e. The van der Waals surface area contributed by atoms with Crippen LogP contribution >= 0.6 is 47.2 Å². The molecule has 0 spiro atoms. The second-order valence-corrected chi connectivity index (χ2v) is 8.27. The highest BCUT2D eigenvalue weighted by atomic mass is 35.5. The van der Waals surface area contributed by atoms with Crippen molar-refractivity contribution < 1.29 is 14.3 Å². The maximum atomic E-state index is 12.7. The molecule has 2 aromatic carbocycles. The van der Waals surface area contributed by atoms with Crippen molar-refractivity contribution >= 4 is 69.4 Å². The zero-order chi connectivity index (χ0) is 21.0. The van der Waals surface area contributed by atoms with Crippen LogP contribution in [0.15, 0.2) is 60.0 Å². The zero-order valence-electron chi connectivity index (χ0n) is 14.9. The number of hydrogen-bond donors (Lipinski definition) is 1. The predicted molar refractivity (Wildman–Crippen MR) is 121 cm³/mol. The van der Waals surface area contributed by atoms with E-state index in [4.69, 9.17) is 40.2 Å². The monoisotopic (exact) mass is 464 g/mol. The van der Waals surface area contributed by atoms with Gasteiger partial charge in [0, 0.05) is 5.02 Å². The highest BCUT2D eigenvalue weighted by molar-refractivity contribution is 8.26. The van der Waals surface area contributed by atoms with E-state index in [0.717, 1.165) is 22.3 Å². The number of nitrogens with zero attached hydrogens (tertiary/aromatic N) is 1. The van der Waals surface area contributed by atoms with Crippen LogP contribution in [0.1, 0.15) is 15.9 Å². The lowest BCUT2D eigenvalue weighted by molar-refractivity contribution is -0.123. The van der Waals surface area contributed by atoms with Crippen LogP contribution in [0.4, 0.5) is 0 Å². The van der Waals surface area contributed by atoms with E-state index in [-0.39, 0.29) is 14.9 Å². The molecule has 0 radical (unpaired) electrons. The molecule has 2 amide bonds. The zero-order valence-corrected chi connectivity index (χ0v) is 18.0. The molecule has 9 heteroatoms. The summed E-state index contributed by atoms with van der Waals surface area (Å²) >= 11 is 18.2. The van der Waals surface area contributed by atoms with E-state index in [9.17, 15) is 9.59 Å². The number of thiocarbonyl (C=S) groups is 1. The van der Waals surface area contributed by atoms with Crippen LogP contribution < -0.4 is 10.2 Å². The number of amides is 2. The summed E-state index contributed by atoms with van der Waals surface area (Å²) in [5.74, 6) is -0.292. The number of carbonyl (C=O) groups excluding carboxylic acids is 2. The lowest BCUT2D eigenvalue weighted by atomic mass is 10.2. The Morgan fingerprint density at radius 2 is 1.97 bits per heavy atom. The molecule has 1 heterocycles. The van der Waals surface area contributed by atoms with Gasteiger partial charge >= 0.3 is 0 Å². The summed E-state index contributed by atoms with van der Waals surface area (Å²) in [5.41, 5.74) is 3.47. The molecule has 0 aromatic heterocycles. The summed E-state index contributed by atoms with van der Waals surface area (Å²) in [6.07, 6.45) is 3.35. The van der Waals surface area contributed by atoms with Gasteiger partial charge in [-0.15, -0.1) is 0 Å². The summed E-state index contributed by atoms with van der Waals surface area (Å²) in [4.78, 5) is 25.5. The van der Waals surface area contributed by atoms with E-state index in [1.807, 2.05) is 12.1 Å². The Morgan fingerprint density at radius 3 is 2.62 bits per heavy atom. The fourth-order valence-electron chi connectivity index (χ4n) is 2.37. The van der Waals surface area contributed by atoms with Crippen molar-refractivity contribution in [3.05, 3.63) is 81.2 Å². The molecule has 29 heavy (non-hydrogen) atoms. The smallest absolute Gasteiger partial charge is 0.285 e. The number of nitrogens with one attached hydrogen (secondary N) is 1. The summed E-state index contributed by atoms with van der Waals surface area (Å²) in [5, 5.41) is 1.61. The van der Waals surface area contributed by atoms with Crippen LogP contribution in [0.3, 0.4) is 0 Å².